The summed E-state index contributed by atoms with van der Waals surface area (Å²) in [4.78, 5) is 29.2. The van der Waals surface area contributed by atoms with Gasteiger partial charge in [0.25, 0.3) is 5.56 Å². The molecule has 10 heteroatoms. The highest BCUT2D eigenvalue weighted by molar-refractivity contribution is 6.29. The molecule has 0 bridgehead atoms. The van der Waals surface area contributed by atoms with Gasteiger partial charge in [-0.15, -0.1) is 0 Å². The first-order valence-corrected chi connectivity index (χ1v) is 9.08. The first kappa shape index (κ1) is 18.7. The van der Waals surface area contributed by atoms with Gasteiger partial charge in [-0.1, -0.05) is 18.2 Å². The van der Waals surface area contributed by atoms with Crippen LogP contribution in [0.25, 0.3) is 16.9 Å². The van der Waals surface area contributed by atoms with E-state index in [-0.39, 0.29) is 23.0 Å². The molecule has 29 heavy (non-hydrogen) atoms. The van der Waals surface area contributed by atoms with Crippen LogP contribution in [0.1, 0.15) is 17.0 Å². The number of benzene rings is 1. The predicted molar refractivity (Wildman–Crippen MR) is 107 cm³/mol. The molecule has 0 N–H and O–H groups in total. The maximum absolute atomic E-state index is 12.8. The van der Waals surface area contributed by atoms with Crippen molar-refractivity contribution in [1.29, 1.82) is 5.26 Å². The van der Waals surface area contributed by atoms with E-state index in [1.165, 1.54) is 23.2 Å². The van der Waals surface area contributed by atoms with E-state index in [1.54, 1.807) is 11.6 Å². The number of para-hydroxylation sites is 1. The van der Waals surface area contributed by atoms with Crippen molar-refractivity contribution < 1.29 is 0 Å². The predicted octanol–water partition coefficient (Wildman–Crippen LogP) is 1.50. The number of hydrogen-bond acceptors (Lipinski definition) is 5. The molecule has 0 amide bonds. The Kier molecular flexibility index (Phi) is 4.36. The maximum Gasteiger partial charge on any atom is 0.332 e. The topological polar surface area (TPSA) is 103 Å². The minimum Gasteiger partial charge on any atom is -0.303 e. The van der Waals surface area contributed by atoms with Gasteiger partial charge in [-0.25, -0.2) is 9.48 Å². The van der Waals surface area contributed by atoms with E-state index in [1.807, 2.05) is 30.3 Å². The number of halogens is 1. The summed E-state index contributed by atoms with van der Waals surface area (Å²) >= 11 is 6.34. The van der Waals surface area contributed by atoms with Crippen LogP contribution in [-0.2, 0) is 20.6 Å². The summed E-state index contributed by atoms with van der Waals surface area (Å²) < 4.78 is 5.42. The summed E-state index contributed by atoms with van der Waals surface area (Å²) in [5, 5.41) is 14.2. The summed E-state index contributed by atoms with van der Waals surface area (Å²) in [6.45, 7) is 1.83. The normalized spacial score (nSPS) is 11.1. The standard InChI is InChI=1S/C19H16ClN7O2/c1-11-13(9-21)14(27(23-11)12-7-5-4-6-8-12)10-26-15-16(22-18(26)20)24(2)19(29)25(3)17(15)28/h4-8H,10H2,1-3H3. The van der Waals surface area contributed by atoms with Gasteiger partial charge >= 0.3 is 5.69 Å². The summed E-state index contributed by atoms with van der Waals surface area (Å²) in [7, 11) is 2.92. The maximum atomic E-state index is 12.8. The average Bonchev–Trinajstić information content (AvgIpc) is 3.22. The molecule has 0 radical (unpaired) electrons. The van der Waals surface area contributed by atoms with Gasteiger partial charge in [-0.2, -0.15) is 15.3 Å². The van der Waals surface area contributed by atoms with Crippen molar-refractivity contribution in [2.24, 2.45) is 14.1 Å². The second-order valence-electron chi connectivity index (χ2n) is 6.61. The molecule has 0 aliphatic heterocycles. The third-order valence-corrected chi connectivity index (χ3v) is 5.17. The fraction of sp³-hybridized carbons (Fsp3) is 0.211. The van der Waals surface area contributed by atoms with Crippen molar-refractivity contribution in [3.8, 4) is 11.8 Å². The fourth-order valence-electron chi connectivity index (χ4n) is 3.36. The molecule has 0 aliphatic carbocycles. The lowest BCUT2D eigenvalue weighted by Crippen LogP contribution is -2.37. The fourth-order valence-corrected chi connectivity index (χ4v) is 3.59. The molecular weight excluding hydrogens is 394 g/mol. The zero-order valence-electron chi connectivity index (χ0n) is 15.9. The molecule has 4 rings (SSSR count). The Morgan fingerprint density at radius 3 is 2.48 bits per heavy atom. The van der Waals surface area contributed by atoms with Crippen LogP contribution in [0.4, 0.5) is 0 Å². The van der Waals surface area contributed by atoms with Crippen LogP contribution < -0.4 is 11.2 Å². The van der Waals surface area contributed by atoms with Crippen LogP contribution in [0, 0.1) is 18.3 Å². The summed E-state index contributed by atoms with van der Waals surface area (Å²) in [6.07, 6.45) is 0. The number of fused-ring (bicyclic) bond motifs is 1. The molecular formula is C19H16ClN7O2. The van der Waals surface area contributed by atoms with Crippen molar-refractivity contribution in [3.05, 3.63) is 73.4 Å². The number of aryl methyl sites for hydroxylation is 2. The van der Waals surface area contributed by atoms with Gasteiger partial charge in [0, 0.05) is 14.1 Å². The van der Waals surface area contributed by atoms with E-state index in [0.717, 1.165) is 10.3 Å². The Labute approximate surface area is 169 Å². The van der Waals surface area contributed by atoms with E-state index in [2.05, 4.69) is 16.2 Å². The molecule has 3 aromatic heterocycles. The van der Waals surface area contributed by atoms with E-state index >= 15 is 0 Å². The third kappa shape index (κ3) is 2.77. The second kappa shape index (κ2) is 6.76. The van der Waals surface area contributed by atoms with Gasteiger partial charge in [0.05, 0.1) is 29.2 Å². The number of aromatic nitrogens is 6. The third-order valence-electron chi connectivity index (χ3n) is 4.88. The van der Waals surface area contributed by atoms with Crippen molar-refractivity contribution in [1.82, 2.24) is 28.5 Å². The Balaban J connectivity index is 2.00. The number of hydrogen-bond donors (Lipinski definition) is 0. The molecule has 1 aromatic carbocycles. The molecule has 0 fully saturated rings. The molecule has 9 nitrogen and oxygen atoms in total. The van der Waals surface area contributed by atoms with Gasteiger partial charge in [-0.3, -0.25) is 13.9 Å². The van der Waals surface area contributed by atoms with Crippen LogP contribution in [0.5, 0.6) is 0 Å². The largest absolute Gasteiger partial charge is 0.332 e. The van der Waals surface area contributed by atoms with Crippen molar-refractivity contribution >= 4 is 22.8 Å². The Morgan fingerprint density at radius 2 is 1.83 bits per heavy atom. The van der Waals surface area contributed by atoms with Gasteiger partial charge in [0.15, 0.2) is 11.2 Å². The van der Waals surface area contributed by atoms with Gasteiger partial charge in [-0.05, 0) is 30.7 Å². The highest BCUT2D eigenvalue weighted by Crippen LogP contribution is 2.23. The average molecular weight is 410 g/mol. The molecule has 4 aromatic rings. The zero-order valence-corrected chi connectivity index (χ0v) is 16.7. The summed E-state index contributed by atoms with van der Waals surface area (Å²) in [5.74, 6) is 0. The lowest BCUT2D eigenvalue weighted by atomic mass is 10.2. The van der Waals surface area contributed by atoms with Crippen LogP contribution >= 0.6 is 11.6 Å². The highest BCUT2D eigenvalue weighted by Gasteiger charge is 2.22. The van der Waals surface area contributed by atoms with Crippen molar-refractivity contribution in [3.63, 3.8) is 0 Å². The first-order valence-electron chi connectivity index (χ1n) is 8.71. The Hall–Kier alpha value is -3.64. The SMILES string of the molecule is Cc1nn(-c2ccccc2)c(Cn2c(Cl)nc3c2c(=O)n(C)c(=O)n3C)c1C#N. The van der Waals surface area contributed by atoms with Crippen LogP contribution in [-0.4, -0.2) is 28.5 Å². The molecule has 146 valence electrons. The molecule has 0 atom stereocenters. The molecule has 0 spiro atoms. The van der Waals surface area contributed by atoms with Crippen LogP contribution in [0.15, 0.2) is 39.9 Å². The monoisotopic (exact) mass is 409 g/mol. The Morgan fingerprint density at radius 1 is 1.14 bits per heavy atom. The minimum atomic E-state index is -0.511. The van der Waals surface area contributed by atoms with Crippen LogP contribution in [0.2, 0.25) is 5.28 Å². The van der Waals surface area contributed by atoms with E-state index in [0.29, 0.717) is 17.0 Å². The second-order valence-corrected chi connectivity index (χ2v) is 6.95. The minimum absolute atomic E-state index is 0.0423. The number of nitrogens with zero attached hydrogens (tertiary/aromatic N) is 7. The van der Waals surface area contributed by atoms with E-state index in [9.17, 15) is 14.9 Å². The number of imidazole rings is 1. The zero-order chi connectivity index (χ0) is 20.9. The van der Waals surface area contributed by atoms with E-state index in [4.69, 9.17) is 11.6 Å². The quantitative estimate of drug-likeness (QED) is 0.477. The lowest BCUT2D eigenvalue weighted by molar-refractivity contribution is 0.694. The smallest absolute Gasteiger partial charge is 0.303 e. The lowest BCUT2D eigenvalue weighted by Gasteiger charge is -2.10. The van der Waals surface area contributed by atoms with E-state index < -0.39 is 11.2 Å². The van der Waals surface area contributed by atoms with Crippen molar-refractivity contribution in [2.45, 2.75) is 13.5 Å². The molecule has 3 heterocycles. The van der Waals surface area contributed by atoms with Gasteiger partial charge < -0.3 is 4.57 Å². The molecule has 0 aliphatic rings. The number of rotatable bonds is 3. The highest BCUT2D eigenvalue weighted by atomic mass is 35.5. The molecule has 0 unspecified atom stereocenters. The Bertz CT molecular complexity index is 1420. The molecule has 0 saturated heterocycles. The van der Waals surface area contributed by atoms with Crippen molar-refractivity contribution in [2.75, 3.05) is 0 Å². The summed E-state index contributed by atoms with van der Waals surface area (Å²) in [6, 6.07) is 11.5. The molecule has 0 saturated carbocycles. The van der Waals surface area contributed by atoms with Gasteiger partial charge in [0.2, 0.25) is 5.28 Å². The first-order chi connectivity index (χ1) is 13.8. The number of nitriles is 1. The van der Waals surface area contributed by atoms with Gasteiger partial charge in [0.1, 0.15) is 6.07 Å². The van der Waals surface area contributed by atoms with Crippen LogP contribution in [0.3, 0.4) is 0 Å². The summed E-state index contributed by atoms with van der Waals surface area (Å²) in [5.41, 5.74) is 1.66.